The monoisotopic (exact) mass is 1060 g/mol. The van der Waals surface area contributed by atoms with Crippen molar-refractivity contribution in [3.8, 4) is 5.75 Å². The number of thioether (sulfide) groups is 1. The fraction of sp³-hybridized carbons (Fsp3) is 0.653. The predicted molar refractivity (Wildman–Crippen MR) is 275 cm³/mol. The molecule has 9 amide bonds. The van der Waals surface area contributed by atoms with Gasteiger partial charge in [-0.3, -0.25) is 47.9 Å². The number of primary amides is 1. The molecule has 1 aromatic carbocycles. The lowest BCUT2D eigenvalue weighted by Gasteiger charge is -2.32. The van der Waals surface area contributed by atoms with E-state index in [1.165, 1.54) is 43.0 Å². The third kappa shape index (κ3) is 22.3. The van der Waals surface area contributed by atoms with Gasteiger partial charge < -0.3 is 69.3 Å². The van der Waals surface area contributed by atoms with Crippen LogP contribution in [0.15, 0.2) is 24.3 Å². The molecule has 0 saturated heterocycles. The zero-order valence-corrected chi connectivity index (χ0v) is 44.9. The van der Waals surface area contributed by atoms with Gasteiger partial charge in [0.05, 0.1) is 12.5 Å². The highest BCUT2D eigenvalue weighted by Gasteiger charge is 2.38. The standard InChI is InChI=1S/C49H80N10O14S/c1-11-25(6)38(58-48(71)40(27(8)13-3)59-47(70)39(26(7)12-2)57-45(68)37(51)24(4)5)46(69)52-28(9)41(64)53-31(18-19-35(50)61)42(65)55-33(22-29-14-16-30(60)17-15-29)44(67)54-32(20-21-74-10)43(66)56-34(49(72)73)23-36(62)63/h14-17,24-28,31-34,37-40,60H,11-13,18-23,51H2,1-10H3,(H2,50,61)(H,52,69)(H,53,64)(H,54,67)(H,55,65)(H,56,66)(H,57,68)(H,58,71)(H,59,70)(H,62,63)(H,72,73)/t25-,26-,27-,28-,31-,32-,33-,34-,37-,38-,39-,40-/m0/s1. The Bertz CT molecular complexity index is 2100. The normalized spacial score (nSPS) is 16.1. The fourth-order valence-corrected chi connectivity index (χ4v) is 7.61. The highest BCUT2D eigenvalue weighted by molar-refractivity contribution is 7.98. The number of carbonyl (C=O) groups is 11. The minimum absolute atomic E-state index is 0.0518. The Morgan fingerprint density at radius 3 is 1.36 bits per heavy atom. The van der Waals surface area contributed by atoms with Crippen LogP contribution in [0.1, 0.15) is 113 Å². The summed E-state index contributed by atoms with van der Waals surface area (Å²) < 4.78 is 0. The second-order valence-electron chi connectivity index (χ2n) is 19.0. The summed E-state index contributed by atoms with van der Waals surface area (Å²) in [6.07, 6.45) is 0.926. The Morgan fingerprint density at radius 1 is 0.541 bits per heavy atom. The fourth-order valence-electron chi connectivity index (χ4n) is 7.14. The lowest BCUT2D eigenvalue weighted by Crippen LogP contribution is -2.62. The van der Waals surface area contributed by atoms with E-state index in [4.69, 9.17) is 11.5 Å². The Kier molecular flexibility index (Phi) is 28.9. The average molecular weight is 1070 g/mol. The first-order chi connectivity index (χ1) is 34.6. The van der Waals surface area contributed by atoms with Gasteiger partial charge in [-0.25, -0.2) is 4.79 Å². The van der Waals surface area contributed by atoms with Crippen LogP contribution in [0, 0.1) is 23.7 Å². The molecule has 24 nitrogen and oxygen atoms in total. The Balaban J connectivity index is 3.48. The van der Waals surface area contributed by atoms with Gasteiger partial charge in [0, 0.05) is 12.8 Å². The van der Waals surface area contributed by atoms with Gasteiger partial charge in [0.1, 0.15) is 54.1 Å². The Morgan fingerprint density at radius 2 is 0.946 bits per heavy atom. The maximum Gasteiger partial charge on any atom is 0.326 e. The third-order valence-electron chi connectivity index (χ3n) is 12.7. The van der Waals surface area contributed by atoms with Gasteiger partial charge in [0.15, 0.2) is 0 Å². The maximum atomic E-state index is 14.1. The molecule has 0 unspecified atom stereocenters. The summed E-state index contributed by atoms with van der Waals surface area (Å²) in [5.41, 5.74) is 11.9. The van der Waals surface area contributed by atoms with Crippen LogP contribution in [0.5, 0.6) is 5.75 Å². The summed E-state index contributed by atoms with van der Waals surface area (Å²) in [4.78, 5) is 145. The molecule has 0 heterocycles. The number of nitrogens with one attached hydrogen (secondary N) is 8. The zero-order valence-electron chi connectivity index (χ0n) is 44.1. The van der Waals surface area contributed by atoms with Gasteiger partial charge in [-0.05, 0) is 73.1 Å². The van der Waals surface area contributed by atoms with Gasteiger partial charge in [0.25, 0.3) is 0 Å². The molecule has 416 valence electrons. The molecule has 0 aliphatic rings. The minimum atomic E-state index is -1.84. The summed E-state index contributed by atoms with van der Waals surface area (Å²) in [6.45, 7) is 15.5. The van der Waals surface area contributed by atoms with E-state index in [1.54, 1.807) is 47.8 Å². The molecule has 1 aromatic rings. The number of hydrogen-bond donors (Lipinski definition) is 13. The lowest BCUT2D eigenvalue weighted by atomic mass is 9.93. The maximum absolute atomic E-state index is 14.1. The predicted octanol–water partition coefficient (Wildman–Crippen LogP) is -0.468. The van der Waals surface area contributed by atoms with Crippen LogP contribution in [-0.4, -0.2) is 147 Å². The summed E-state index contributed by atoms with van der Waals surface area (Å²) in [6, 6.07) is -6.53. The zero-order chi connectivity index (χ0) is 56.6. The highest BCUT2D eigenvalue weighted by Crippen LogP contribution is 2.17. The van der Waals surface area contributed by atoms with E-state index in [0.29, 0.717) is 24.8 Å². The second kappa shape index (κ2) is 32.6. The van der Waals surface area contributed by atoms with E-state index in [-0.39, 0.29) is 42.6 Å². The summed E-state index contributed by atoms with van der Waals surface area (Å²) >= 11 is 1.29. The molecular weight excluding hydrogens is 985 g/mol. The molecule has 25 heteroatoms. The summed E-state index contributed by atoms with van der Waals surface area (Å²) in [5.74, 6) is -11.9. The Hall–Kier alpha value is -6.50. The average Bonchev–Trinajstić information content (AvgIpc) is 3.34. The van der Waals surface area contributed by atoms with Gasteiger partial charge in [-0.15, -0.1) is 0 Å². The molecule has 15 N–H and O–H groups in total. The largest absolute Gasteiger partial charge is 0.508 e. The molecular formula is C49H80N10O14S. The number of phenolic OH excluding ortho intramolecular Hbond substituents is 1. The van der Waals surface area contributed by atoms with Gasteiger partial charge in [-0.2, -0.15) is 11.8 Å². The molecule has 1 rings (SSSR count). The molecule has 0 radical (unpaired) electrons. The van der Waals surface area contributed by atoms with Crippen molar-refractivity contribution < 1.29 is 68.1 Å². The smallest absolute Gasteiger partial charge is 0.326 e. The molecule has 0 aliphatic carbocycles. The van der Waals surface area contributed by atoms with Crippen LogP contribution in [0.25, 0.3) is 0 Å². The van der Waals surface area contributed by atoms with Crippen LogP contribution in [0.3, 0.4) is 0 Å². The SMILES string of the molecule is CC[C@H](C)[C@H](NC(=O)[C@@H](N)C(C)C)C(=O)N[C@H](C(=O)N[C@H](C(=O)N[C@@H](C)C(=O)N[C@@H](CCC(N)=O)C(=O)N[C@@H](Cc1ccc(O)cc1)C(=O)N[C@@H](CCSC)C(=O)N[C@@H](CC(=O)O)C(=O)O)[C@@H](C)CC)[C@@H](C)CC. The number of carboxylic acid groups (broad SMARTS) is 2. The summed E-state index contributed by atoms with van der Waals surface area (Å²) in [7, 11) is 0. The van der Waals surface area contributed by atoms with Gasteiger partial charge in [0.2, 0.25) is 53.2 Å². The van der Waals surface area contributed by atoms with Crippen molar-refractivity contribution in [2.45, 2.75) is 168 Å². The van der Waals surface area contributed by atoms with Crippen molar-refractivity contribution in [2.75, 3.05) is 12.0 Å². The first-order valence-electron chi connectivity index (χ1n) is 24.8. The van der Waals surface area contributed by atoms with E-state index in [0.717, 1.165) is 0 Å². The molecule has 0 aromatic heterocycles. The number of phenols is 1. The lowest BCUT2D eigenvalue weighted by molar-refractivity contribution is -0.147. The summed E-state index contributed by atoms with van der Waals surface area (Å²) in [5, 5.41) is 49.0. The number of carbonyl (C=O) groups excluding carboxylic acids is 9. The van der Waals surface area contributed by atoms with Gasteiger partial charge >= 0.3 is 11.9 Å². The van der Waals surface area contributed by atoms with Crippen LogP contribution >= 0.6 is 11.8 Å². The number of hydrogen-bond acceptors (Lipinski definition) is 14. The van der Waals surface area contributed by atoms with Crippen LogP contribution in [0.4, 0.5) is 0 Å². The van der Waals surface area contributed by atoms with Crippen LogP contribution in [-0.2, 0) is 59.2 Å². The highest BCUT2D eigenvalue weighted by atomic mass is 32.2. The van der Waals surface area contributed by atoms with E-state index >= 15 is 0 Å². The number of nitrogens with two attached hydrogens (primary N) is 2. The van der Waals surface area contributed by atoms with Crippen molar-refractivity contribution in [3.05, 3.63) is 29.8 Å². The second-order valence-corrected chi connectivity index (χ2v) is 19.9. The van der Waals surface area contributed by atoms with E-state index in [1.807, 2.05) is 13.8 Å². The number of benzene rings is 1. The number of aliphatic carboxylic acids is 2. The molecule has 0 aliphatic heterocycles. The van der Waals surface area contributed by atoms with Crippen molar-refractivity contribution in [1.82, 2.24) is 42.5 Å². The molecule has 0 fully saturated rings. The van der Waals surface area contributed by atoms with Gasteiger partial charge in [-0.1, -0.05) is 86.8 Å². The molecule has 0 saturated carbocycles. The van der Waals surface area contributed by atoms with Crippen LogP contribution < -0.4 is 54.0 Å². The quantitative estimate of drug-likeness (QED) is 0.0415. The van der Waals surface area contributed by atoms with E-state index < -0.39 is 144 Å². The number of rotatable bonds is 34. The minimum Gasteiger partial charge on any atom is -0.508 e. The first-order valence-corrected chi connectivity index (χ1v) is 26.2. The first kappa shape index (κ1) is 65.5. The van der Waals surface area contributed by atoms with Crippen molar-refractivity contribution in [1.29, 1.82) is 0 Å². The number of carboxylic acids is 2. The molecule has 74 heavy (non-hydrogen) atoms. The van der Waals surface area contributed by atoms with Crippen molar-refractivity contribution >= 4 is 76.9 Å². The van der Waals surface area contributed by atoms with E-state index in [2.05, 4.69) is 42.5 Å². The van der Waals surface area contributed by atoms with Crippen molar-refractivity contribution in [2.24, 2.45) is 35.1 Å². The van der Waals surface area contributed by atoms with Crippen molar-refractivity contribution in [3.63, 3.8) is 0 Å². The third-order valence-corrected chi connectivity index (χ3v) is 13.4. The number of amides is 9. The molecule has 12 atom stereocenters. The topological polar surface area (TPSA) is 397 Å². The molecule has 0 bridgehead atoms. The number of aromatic hydroxyl groups is 1. The van der Waals surface area contributed by atoms with Crippen LogP contribution in [0.2, 0.25) is 0 Å². The Labute approximate surface area is 436 Å². The van der Waals surface area contributed by atoms with E-state index in [9.17, 15) is 68.1 Å². The molecule has 0 spiro atoms.